The first kappa shape index (κ1) is 18.0. The van der Waals surface area contributed by atoms with Crippen molar-refractivity contribution in [3.63, 3.8) is 0 Å². The van der Waals surface area contributed by atoms with Crippen LogP contribution in [0.3, 0.4) is 0 Å². The Morgan fingerprint density at radius 2 is 1.88 bits per heavy atom. The van der Waals surface area contributed by atoms with Crippen molar-refractivity contribution < 1.29 is 21.6 Å². The lowest BCUT2D eigenvalue weighted by Crippen LogP contribution is -2.16. The quantitative estimate of drug-likeness (QED) is 0.874. The maximum Gasteiger partial charge on any atom is 0.416 e. The number of sulfonamides is 1. The smallest absolute Gasteiger partial charge is 0.382 e. The molecule has 1 heterocycles. The summed E-state index contributed by atoms with van der Waals surface area (Å²) in [5.41, 5.74) is 5.31. The monoisotopic (exact) mass is 360 g/mol. The van der Waals surface area contributed by atoms with E-state index in [1.165, 1.54) is 13.0 Å². The van der Waals surface area contributed by atoms with Crippen LogP contribution in [0, 0.1) is 6.92 Å². The Hall–Kier alpha value is -2.36. The summed E-state index contributed by atoms with van der Waals surface area (Å²) >= 11 is 0. The van der Waals surface area contributed by atoms with Crippen LogP contribution in [0.5, 0.6) is 0 Å². The first-order chi connectivity index (χ1) is 11.0. The first-order valence-electron chi connectivity index (χ1n) is 6.85. The molecule has 0 aliphatic rings. The van der Waals surface area contributed by atoms with Crippen molar-refractivity contribution in [2.45, 2.75) is 20.0 Å². The number of alkyl halides is 3. The molecule has 130 valence electrons. The summed E-state index contributed by atoms with van der Waals surface area (Å²) in [6.45, 7) is 3.03. The predicted molar refractivity (Wildman–Crippen MR) is 84.7 cm³/mol. The second-order valence-corrected chi connectivity index (χ2v) is 7.08. The number of aromatic nitrogens is 2. The molecule has 6 nitrogen and oxygen atoms in total. The van der Waals surface area contributed by atoms with E-state index in [4.69, 9.17) is 5.73 Å². The maximum absolute atomic E-state index is 12.9. The van der Waals surface area contributed by atoms with Crippen LogP contribution in [-0.2, 0) is 16.2 Å². The zero-order chi connectivity index (χ0) is 18.1. The number of nitrogens with one attached hydrogen (secondary N) is 1. The average Bonchev–Trinajstić information content (AvgIpc) is 2.46. The molecule has 0 saturated heterocycles. The number of hydrogen-bond acceptors (Lipinski definition) is 5. The Labute approximate surface area is 137 Å². The third kappa shape index (κ3) is 3.94. The van der Waals surface area contributed by atoms with Gasteiger partial charge >= 0.3 is 6.18 Å². The molecule has 0 amide bonds. The van der Waals surface area contributed by atoms with Crippen molar-refractivity contribution in [2.75, 3.05) is 16.2 Å². The first-order valence-corrected chi connectivity index (χ1v) is 8.50. The van der Waals surface area contributed by atoms with Crippen molar-refractivity contribution >= 4 is 21.5 Å². The zero-order valence-electron chi connectivity index (χ0n) is 12.8. The van der Waals surface area contributed by atoms with Gasteiger partial charge in [0, 0.05) is 5.56 Å². The van der Waals surface area contributed by atoms with Gasteiger partial charge in [-0.15, -0.1) is 10.2 Å². The lowest BCUT2D eigenvalue weighted by atomic mass is 10.0. The van der Waals surface area contributed by atoms with Crippen LogP contribution >= 0.6 is 0 Å². The molecule has 0 aliphatic heterocycles. The van der Waals surface area contributed by atoms with Gasteiger partial charge in [0.1, 0.15) is 5.82 Å². The normalized spacial score (nSPS) is 12.2. The molecule has 1 aromatic carbocycles. The van der Waals surface area contributed by atoms with E-state index in [1.807, 2.05) is 0 Å². The van der Waals surface area contributed by atoms with Crippen LogP contribution in [0.4, 0.5) is 24.7 Å². The highest BCUT2D eigenvalue weighted by Gasteiger charge is 2.31. The zero-order valence-corrected chi connectivity index (χ0v) is 13.7. The number of nitrogens with two attached hydrogens (primary N) is 1. The van der Waals surface area contributed by atoms with Gasteiger partial charge in [-0.1, -0.05) is 6.07 Å². The summed E-state index contributed by atoms with van der Waals surface area (Å²) in [6.07, 6.45) is -4.60. The van der Waals surface area contributed by atoms with E-state index in [0.29, 0.717) is 5.56 Å². The number of nitrogens with zero attached hydrogens (tertiary/aromatic N) is 2. The number of benzene rings is 1. The number of halogens is 3. The number of anilines is 2. The molecule has 0 bridgehead atoms. The van der Waals surface area contributed by atoms with Crippen LogP contribution in [0.1, 0.15) is 18.1 Å². The Morgan fingerprint density at radius 3 is 2.42 bits per heavy atom. The number of aryl methyl sites for hydroxylation is 1. The minimum Gasteiger partial charge on any atom is -0.382 e. The molecule has 0 saturated carbocycles. The standard InChI is InChI=1S/C14H15F3N4O2S/c1-3-24(22,23)21-11-7-9(14(15,16)17)4-5-10(11)13-8(2)6-12(18)19-20-13/h4-7,21H,3H2,1-2H3,(H2,18,19). The summed E-state index contributed by atoms with van der Waals surface area (Å²) in [7, 11) is -3.78. The molecule has 0 spiro atoms. The van der Waals surface area contributed by atoms with E-state index in [2.05, 4.69) is 14.9 Å². The molecule has 1 aromatic heterocycles. The SMILES string of the molecule is CCS(=O)(=O)Nc1cc(C(F)(F)F)ccc1-c1nnc(N)cc1C. The van der Waals surface area contributed by atoms with Crippen LogP contribution in [0.2, 0.25) is 0 Å². The second-order valence-electron chi connectivity index (χ2n) is 5.06. The van der Waals surface area contributed by atoms with Crippen LogP contribution in [0.25, 0.3) is 11.3 Å². The highest BCUT2D eigenvalue weighted by Crippen LogP contribution is 2.36. The summed E-state index contributed by atoms with van der Waals surface area (Å²) in [6, 6.07) is 4.25. The summed E-state index contributed by atoms with van der Waals surface area (Å²) in [5.74, 6) is -0.131. The molecule has 0 fully saturated rings. The summed E-state index contributed by atoms with van der Waals surface area (Å²) in [4.78, 5) is 0. The van der Waals surface area contributed by atoms with E-state index >= 15 is 0 Å². The average molecular weight is 360 g/mol. The fourth-order valence-corrected chi connectivity index (χ4v) is 2.67. The Morgan fingerprint density at radius 1 is 1.21 bits per heavy atom. The molecular weight excluding hydrogens is 345 g/mol. The van der Waals surface area contributed by atoms with Gasteiger partial charge in [-0.25, -0.2) is 8.42 Å². The largest absolute Gasteiger partial charge is 0.416 e. The fourth-order valence-electron chi connectivity index (χ4n) is 2.02. The van der Waals surface area contributed by atoms with Gasteiger partial charge in [0.05, 0.1) is 22.7 Å². The van der Waals surface area contributed by atoms with E-state index in [0.717, 1.165) is 18.2 Å². The van der Waals surface area contributed by atoms with Gasteiger partial charge in [0.2, 0.25) is 10.0 Å². The topological polar surface area (TPSA) is 98.0 Å². The Bertz CT molecular complexity index is 867. The highest BCUT2D eigenvalue weighted by atomic mass is 32.2. The van der Waals surface area contributed by atoms with Crippen molar-refractivity contribution in [3.05, 3.63) is 35.4 Å². The molecule has 2 aromatic rings. The summed E-state index contributed by atoms with van der Waals surface area (Å²) < 4.78 is 64.6. The van der Waals surface area contributed by atoms with E-state index < -0.39 is 21.8 Å². The minimum absolute atomic E-state index is 0.152. The molecule has 24 heavy (non-hydrogen) atoms. The molecular formula is C14H15F3N4O2S. The minimum atomic E-state index is -4.60. The third-order valence-electron chi connectivity index (χ3n) is 3.25. The second kappa shape index (κ2) is 6.27. The number of nitrogen functional groups attached to an aromatic ring is 1. The van der Waals surface area contributed by atoms with Gasteiger partial charge in [0.15, 0.2) is 0 Å². The van der Waals surface area contributed by atoms with Crippen molar-refractivity contribution in [2.24, 2.45) is 0 Å². The van der Waals surface area contributed by atoms with E-state index in [-0.39, 0.29) is 28.5 Å². The molecule has 3 N–H and O–H groups in total. The Balaban J connectivity index is 2.66. The van der Waals surface area contributed by atoms with Crippen LogP contribution in [-0.4, -0.2) is 24.4 Å². The lowest BCUT2D eigenvalue weighted by molar-refractivity contribution is -0.137. The predicted octanol–water partition coefficient (Wildman–Crippen LogP) is 2.81. The fraction of sp³-hybridized carbons (Fsp3) is 0.286. The van der Waals surface area contributed by atoms with Gasteiger partial charge < -0.3 is 5.73 Å². The van der Waals surface area contributed by atoms with Crippen LogP contribution in [0.15, 0.2) is 24.3 Å². The van der Waals surface area contributed by atoms with Crippen molar-refractivity contribution in [3.8, 4) is 11.3 Å². The number of rotatable bonds is 4. The van der Waals surface area contributed by atoms with Crippen LogP contribution < -0.4 is 10.5 Å². The lowest BCUT2D eigenvalue weighted by Gasteiger charge is -2.15. The van der Waals surface area contributed by atoms with E-state index in [9.17, 15) is 21.6 Å². The number of hydrogen-bond donors (Lipinski definition) is 2. The van der Waals surface area contributed by atoms with Crippen molar-refractivity contribution in [1.29, 1.82) is 0 Å². The van der Waals surface area contributed by atoms with Gasteiger partial charge in [-0.2, -0.15) is 13.2 Å². The molecule has 2 rings (SSSR count). The molecule has 0 unspecified atom stereocenters. The Kier molecular flexibility index (Phi) is 4.70. The van der Waals surface area contributed by atoms with Gasteiger partial charge in [-0.3, -0.25) is 4.72 Å². The highest BCUT2D eigenvalue weighted by molar-refractivity contribution is 7.92. The maximum atomic E-state index is 12.9. The molecule has 10 heteroatoms. The van der Waals surface area contributed by atoms with E-state index in [1.54, 1.807) is 6.92 Å². The van der Waals surface area contributed by atoms with Gasteiger partial charge in [0.25, 0.3) is 0 Å². The molecule has 0 radical (unpaired) electrons. The summed E-state index contributed by atoms with van der Waals surface area (Å²) in [5, 5.41) is 7.54. The van der Waals surface area contributed by atoms with Gasteiger partial charge in [-0.05, 0) is 37.6 Å². The molecule has 0 aliphatic carbocycles. The van der Waals surface area contributed by atoms with Crippen molar-refractivity contribution in [1.82, 2.24) is 10.2 Å². The third-order valence-corrected chi connectivity index (χ3v) is 4.54. The molecule has 0 atom stereocenters.